The highest BCUT2D eigenvalue weighted by Crippen LogP contribution is 2.12. The van der Waals surface area contributed by atoms with E-state index in [1.165, 1.54) is 24.3 Å². The molecule has 17 heavy (non-hydrogen) atoms. The van der Waals surface area contributed by atoms with Crippen molar-refractivity contribution in [2.45, 2.75) is 6.10 Å². The maximum absolute atomic E-state index is 12.7. The van der Waals surface area contributed by atoms with Gasteiger partial charge in [-0.25, -0.2) is 4.39 Å². The van der Waals surface area contributed by atoms with Gasteiger partial charge in [-0.3, -0.25) is 4.79 Å². The van der Waals surface area contributed by atoms with Crippen LogP contribution in [0.25, 0.3) is 0 Å². The highest BCUT2D eigenvalue weighted by Gasteiger charge is 2.24. The van der Waals surface area contributed by atoms with Crippen molar-refractivity contribution < 1.29 is 13.9 Å². The van der Waals surface area contributed by atoms with Gasteiger partial charge in [0.1, 0.15) is 5.82 Å². The van der Waals surface area contributed by atoms with Gasteiger partial charge in [0.2, 0.25) is 0 Å². The smallest absolute Gasteiger partial charge is 0.254 e. The Morgan fingerprint density at radius 2 is 2.18 bits per heavy atom. The summed E-state index contributed by atoms with van der Waals surface area (Å²) in [4.78, 5) is 13.8. The number of alkyl halides is 1. The fourth-order valence-electron chi connectivity index (χ4n) is 1.77. The Hall–Kier alpha value is -1.13. The molecule has 1 aliphatic rings. The number of ether oxygens (including phenoxy) is 1. The van der Waals surface area contributed by atoms with E-state index in [2.05, 4.69) is 0 Å². The first-order chi connectivity index (χ1) is 8.20. The molecule has 3 nitrogen and oxygen atoms in total. The van der Waals surface area contributed by atoms with Crippen molar-refractivity contribution >= 4 is 17.5 Å². The molecule has 0 aromatic heterocycles. The molecule has 0 bridgehead atoms. The molecule has 1 fully saturated rings. The first kappa shape index (κ1) is 12.3. The molecule has 5 heteroatoms. The molecular formula is C12H13ClFNO2. The number of hydrogen-bond acceptors (Lipinski definition) is 2. The van der Waals surface area contributed by atoms with Crippen molar-refractivity contribution in [3.63, 3.8) is 0 Å². The molecule has 1 amide bonds. The second kappa shape index (κ2) is 5.47. The highest BCUT2D eigenvalue weighted by atomic mass is 35.5. The van der Waals surface area contributed by atoms with Crippen LogP contribution in [0.15, 0.2) is 24.3 Å². The number of amides is 1. The first-order valence-electron chi connectivity index (χ1n) is 5.43. The Morgan fingerprint density at radius 1 is 1.47 bits per heavy atom. The minimum Gasteiger partial charge on any atom is -0.373 e. The minimum atomic E-state index is -0.345. The summed E-state index contributed by atoms with van der Waals surface area (Å²) in [5, 5.41) is 0. The number of rotatable bonds is 2. The maximum atomic E-state index is 12.7. The standard InChI is InChI=1S/C12H13ClFNO2/c13-7-11-8-15(5-6-17-11)12(16)9-1-3-10(14)4-2-9/h1-4,11H,5-8H2. The van der Waals surface area contributed by atoms with Crippen LogP contribution < -0.4 is 0 Å². The topological polar surface area (TPSA) is 29.5 Å². The normalized spacial score (nSPS) is 20.4. The number of carbonyl (C=O) groups is 1. The third-order valence-corrected chi connectivity index (χ3v) is 3.03. The lowest BCUT2D eigenvalue weighted by Gasteiger charge is -2.32. The quantitative estimate of drug-likeness (QED) is 0.758. The van der Waals surface area contributed by atoms with Crippen molar-refractivity contribution in [3.05, 3.63) is 35.6 Å². The highest BCUT2D eigenvalue weighted by molar-refractivity contribution is 6.18. The van der Waals surface area contributed by atoms with Gasteiger partial charge in [-0.15, -0.1) is 11.6 Å². The maximum Gasteiger partial charge on any atom is 0.254 e. The lowest BCUT2D eigenvalue weighted by molar-refractivity contribution is -0.0108. The first-order valence-corrected chi connectivity index (χ1v) is 5.96. The number of morpholine rings is 1. The minimum absolute atomic E-state index is 0.108. The van der Waals surface area contributed by atoms with Crippen molar-refractivity contribution in [2.75, 3.05) is 25.6 Å². The zero-order chi connectivity index (χ0) is 12.3. The van der Waals surface area contributed by atoms with Gasteiger partial charge in [-0.1, -0.05) is 0 Å². The van der Waals surface area contributed by atoms with Crippen LogP contribution in [0, 0.1) is 5.82 Å². The molecule has 0 saturated carbocycles. The Labute approximate surface area is 104 Å². The Kier molecular flexibility index (Phi) is 3.97. The van der Waals surface area contributed by atoms with Crippen LogP contribution in [-0.4, -0.2) is 42.5 Å². The van der Waals surface area contributed by atoms with Crippen LogP contribution >= 0.6 is 11.6 Å². The van der Waals surface area contributed by atoms with Gasteiger partial charge in [-0.2, -0.15) is 0 Å². The summed E-state index contributed by atoms with van der Waals surface area (Å²) in [6.45, 7) is 1.52. The fraction of sp³-hybridized carbons (Fsp3) is 0.417. The molecule has 1 atom stereocenters. The molecule has 2 rings (SSSR count). The summed E-state index contributed by atoms with van der Waals surface area (Å²) in [6.07, 6.45) is -0.116. The predicted molar refractivity (Wildman–Crippen MR) is 62.8 cm³/mol. The van der Waals surface area contributed by atoms with E-state index in [1.54, 1.807) is 4.90 Å². The molecule has 0 radical (unpaired) electrons. The molecule has 0 N–H and O–H groups in total. The van der Waals surface area contributed by atoms with E-state index in [1.807, 2.05) is 0 Å². The Bertz CT molecular complexity index is 396. The molecule has 1 aliphatic heterocycles. The predicted octanol–water partition coefficient (Wildman–Crippen LogP) is 1.91. The number of benzene rings is 1. The van der Waals surface area contributed by atoms with Gasteiger partial charge >= 0.3 is 0 Å². The summed E-state index contributed by atoms with van der Waals surface area (Å²) in [5.41, 5.74) is 0.488. The summed E-state index contributed by atoms with van der Waals surface area (Å²) in [6, 6.07) is 5.55. The van der Waals surface area contributed by atoms with Crippen molar-refractivity contribution in [1.82, 2.24) is 4.90 Å². The summed E-state index contributed by atoms with van der Waals surface area (Å²) in [7, 11) is 0. The van der Waals surface area contributed by atoms with Gasteiger partial charge in [0.25, 0.3) is 5.91 Å². The molecule has 1 heterocycles. The van der Waals surface area contributed by atoms with Crippen molar-refractivity contribution in [2.24, 2.45) is 0 Å². The van der Waals surface area contributed by atoms with Crippen molar-refractivity contribution in [3.8, 4) is 0 Å². The molecule has 1 saturated heterocycles. The van der Waals surface area contributed by atoms with Crippen LogP contribution in [0.5, 0.6) is 0 Å². The van der Waals surface area contributed by atoms with E-state index in [9.17, 15) is 9.18 Å². The molecule has 0 aliphatic carbocycles. The van der Waals surface area contributed by atoms with E-state index in [-0.39, 0.29) is 17.8 Å². The van der Waals surface area contributed by atoms with Crippen LogP contribution in [0.3, 0.4) is 0 Å². The Morgan fingerprint density at radius 3 is 2.82 bits per heavy atom. The summed E-state index contributed by atoms with van der Waals surface area (Å²) >= 11 is 5.70. The lowest BCUT2D eigenvalue weighted by Crippen LogP contribution is -2.46. The van der Waals surface area contributed by atoms with Gasteiger partial charge < -0.3 is 9.64 Å². The SMILES string of the molecule is O=C(c1ccc(F)cc1)N1CCOC(CCl)C1. The molecule has 1 unspecified atom stereocenters. The van der Waals surface area contributed by atoms with E-state index >= 15 is 0 Å². The third kappa shape index (κ3) is 2.96. The molecule has 1 aromatic carbocycles. The van der Waals surface area contributed by atoms with E-state index in [0.717, 1.165) is 0 Å². The van der Waals surface area contributed by atoms with E-state index in [4.69, 9.17) is 16.3 Å². The van der Waals surface area contributed by atoms with E-state index in [0.29, 0.717) is 31.1 Å². The van der Waals surface area contributed by atoms with Gasteiger partial charge in [0.05, 0.1) is 18.6 Å². The molecule has 0 spiro atoms. The number of carbonyl (C=O) groups excluding carboxylic acids is 1. The third-order valence-electron chi connectivity index (χ3n) is 2.69. The fourth-order valence-corrected chi connectivity index (χ4v) is 1.96. The average molecular weight is 258 g/mol. The number of halogens is 2. The van der Waals surface area contributed by atoms with Gasteiger partial charge in [0, 0.05) is 18.7 Å². The monoisotopic (exact) mass is 257 g/mol. The Balaban J connectivity index is 2.06. The second-order valence-electron chi connectivity index (χ2n) is 3.91. The lowest BCUT2D eigenvalue weighted by atomic mass is 10.1. The molecular weight excluding hydrogens is 245 g/mol. The zero-order valence-electron chi connectivity index (χ0n) is 9.23. The largest absolute Gasteiger partial charge is 0.373 e. The average Bonchev–Trinajstić information content (AvgIpc) is 2.39. The number of nitrogens with zero attached hydrogens (tertiary/aromatic N) is 1. The summed E-state index contributed by atoms with van der Waals surface area (Å²) < 4.78 is 18.1. The zero-order valence-corrected chi connectivity index (χ0v) is 9.99. The molecule has 1 aromatic rings. The van der Waals surface area contributed by atoms with Gasteiger partial charge in [0.15, 0.2) is 0 Å². The van der Waals surface area contributed by atoms with E-state index < -0.39 is 0 Å². The van der Waals surface area contributed by atoms with Crippen LogP contribution in [-0.2, 0) is 4.74 Å². The van der Waals surface area contributed by atoms with Crippen LogP contribution in [0.2, 0.25) is 0 Å². The summed E-state index contributed by atoms with van der Waals surface area (Å²) in [5.74, 6) is -0.0849. The molecule has 92 valence electrons. The van der Waals surface area contributed by atoms with Crippen molar-refractivity contribution in [1.29, 1.82) is 0 Å². The van der Waals surface area contributed by atoms with Crippen LogP contribution in [0.1, 0.15) is 10.4 Å². The second-order valence-corrected chi connectivity index (χ2v) is 4.21. The van der Waals surface area contributed by atoms with Gasteiger partial charge in [-0.05, 0) is 24.3 Å². The number of hydrogen-bond donors (Lipinski definition) is 0. The van der Waals surface area contributed by atoms with Crippen LogP contribution in [0.4, 0.5) is 4.39 Å².